The van der Waals surface area contributed by atoms with E-state index in [0.29, 0.717) is 23.5 Å². The maximum absolute atomic E-state index is 12.9. The number of hydrogen-bond acceptors (Lipinski definition) is 4. The molecule has 0 aliphatic heterocycles. The fourth-order valence-corrected chi connectivity index (χ4v) is 2.92. The van der Waals surface area contributed by atoms with Gasteiger partial charge in [-0.15, -0.1) is 11.3 Å². The van der Waals surface area contributed by atoms with Gasteiger partial charge in [0.2, 0.25) is 0 Å². The lowest BCUT2D eigenvalue weighted by molar-refractivity contribution is 0.0949. The minimum absolute atomic E-state index is 0.154. The lowest BCUT2D eigenvalue weighted by atomic mass is 10.1. The summed E-state index contributed by atoms with van der Waals surface area (Å²) in [6.45, 7) is 5.92. The number of rotatable bonds is 5. The highest BCUT2D eigenvalue weighted by atomic mass is 32.1. The van der Waals surface area contributed by atoms with Crippen LogP contribution in [0.4, 0.5) is 4.39 Å². The molecule has 4 nitrogen and oxygen atoms in total. The van der Waals surface area contributed by atoms with Crippen LogP contribution in [0.3, 0.4) is 0 Å². The normalized spacial score (nSPS) is 11.5. The number of carbonyl (C=O) groups excluding carboxylic acids is 1. The van der Waals surface area contributed by atoms with Gasteiger partial charge in [0.1, 0.15) is 10.7 Å². The van der Waals surface area contributed by atoms with E-state index in [2.05, 4.69) is 10.3 Å². The summed E-state index contributed by atoms with van der Waals surface area (Å²) in [6, 6.07) is 6.30. The number of halogens is 1. The van der Waals surface area contributed by atoms with Crippen molar-refractivity contribution in [3.8, 4) is 0 Å². The van der Waals surface area contributed by atoms with E-state index in [-0.39, 0.29) is 11.7 Å². The van der Waals surface area contributed by atoms with Crippen molar-refractivity contribution in [2.45, 2.75) is 32.7 Å². The number of benzene rings is 1. The van der Waals surface area contributed by atoms with Crippen molar-refractivity contribution < 1.29 is 9.18 Å². The van der Waals surface area contributed by atoms with Crippen molar-refractivity contribution >= 4 is 17.2 Å². The Labute approximate surface area is 133 Å². The first kappa shape index (κ1) is 16.6. The molecule has 0 saturated carbocycles. The molecule has 0 bridgehead atoms. The second kappa shape index (κ2) is 6.54. The summed E-state index contributed by atoms with van der Waals surface area (Å²) in [5.41, 5.74) is 7.08. The third kappa shape index (κ3) is 4.61. The van der Waals surface area contributed by atoms with Crippen LogP contribution in [0.15, 0.2) is 24.3 Å². The molecule has 0 unspecified atom stereocenters. The Morgan fingerprint density at radius 3 is 2.59 bits per heavy atom. The maximum Gasteiger partial charge on any atom is 0.263 e. The first-order chi connectivity index (χ1) is 10.2. The molecule has 0 aliphatic rings. The van der Waals surface area contributed by atoms with Gasteiger partial charge in [-0.25, -0.2) is 9.37 Å². The SMILES string of the molecule is Cc1nc(Cc2ccc(F)cc2)sc1C(=O)NCC(C)(C)N. The van der Waals surface area contributed by atoms with Crippen LogP contribution in [0.25, 0.3) is 0 Å². The van der Waals surface area contributed by atoms with Gasteiger partial charge in [-0.05, 0) is 38.5 Å². The highest BCUT2D eigenvalue weighted by molar-refractivity contribution is 7.13. The second-order valence-electron chi connectivity index (χ2n) is 6.00. The number of aryl methyl sites for hydroxylation is 1. The topological polar surface area (TPSA) is 68.0 Å². The van der Waals surface area contributed by atoms with Crippen molar-refractivity contribution in [2.24, 2.45) is 5.73 Å². The van der Waals surface area contributed by atoms with Gasteiger partial charge in [0.05, 0.1) is 10.7 Å². The number of hydrogen-bond donors (Lipinski definition) is 2. The molecule has 0 fully saturated rings. The van der Waals surface area contributed by atoms with E-state index >= 15 is 0 Å². The standard InChI is InChI=1S/C16H20FN3OS/c1-10-14(15(21)19-9-16(2,3)18)22-13(20-10)8-11-4-6-12(17)7-5-11/h4-7H,8-9,18H2,1-3H3,(H,19,21). The molecule has 1 aromatic heterocycles. The van der Waals surface area contributed by atoms with Crippen LogP contribution in [-0.4, -0.2) is 23.0 Å². The number of nitrogens with one attached hydrogen (secondary N) is 1. The van der Waals surface area contributed by atoms with Gasteiger partial charge >= 0.3 is 0 Å². The zero-order valence-electron chi connectivity index (χ0n) is 12.9. The molecular weight excluding hydrogens is 301 g/mol. The highest BCUT2D eigenvalue weighted by Crippen LogP contribution is 2.21. The first-order valence-electron chi connectivity index (χ1n) is 7.02. The van der Waals surface area contributed by atoms with Crippen molar-refractivity contribution in [3.63, 3.8) is 0 Å². The number of aromatic nitrogens is 1. The lowest BCUT2D eigenvalue weighted by Gasteiger charge is -2.18. The third-order valence-electron chi connectivity index (χ3n) is 3.02. The van der Waals surface area contributed by atoms with Crippen LogP contribution in [0.1, 0.15) is 39.8 Å². The molecular formula is C16H20FN3OS. The molecule has 3 N–H and O–H groups in total. The number of thiazole rings is 1. The Hall–Kier alpha value is -1.79. The van der Waals surface area contributed by atoms with E-state index < -0.39 is 5.54 Å². The summed E-state index contributed by atoms with van der Waals surface area (Å²) in [6.07, 6.45) is 0.585. The molecule has 0 saturated heterocycles. The molecule has 1 heterocycles. The van der Waals surface area contributed by atoms with Gasteiger partial charge in [-0.1, -0.05) is 12.1 Å². The summed E-state index contributed by atoms with van der Waals surface area (Å²) in [5.74, 6) is -0.414. The zero-order valence-corrected chi connectivity index (χ0v) is 13.8. The van der Waals surface area contributed by atoms with Gasteiger partial charge in [0.15, 0.2) is 0 Å². The smallest absolute Gasteiger partial charge is 0.263 e. The van der Waals surface area contributed by atoms with E-state index in [9.17, 15) is 9.18 Å². The minimum atomic E-state index is -0.453. The Kier molecular flexibility index (Phi) is 4.93. The van der Waals surface area contributed by atoms with E-state index in [0.717, 1.165) is 10.6 Å². The molecule has 2 aromatic rings. The lowest BCUT2D eigenvalue weighted by Crippen LogP contribution is -2.45. The Bertz CT molecular complexity index is 659. The predicted octanol–water partition coefficient (Wildman–Crippen LogP) is 2.65. The van der Waals surface area contributed by atoms with Crippen molar-refractivity contribution in [1.82, 2.24) is 10.3 Å². The van der Waals surface area contributed by atoms with Gasteiger partial charge in [0.25, 0.3) is 5.91 Å². The molecule has 0 radical (unpaired) electrons. The number of nitrogens with zero attached hydrogens (tertiary/aromatic N) is 1. The molecule has 22 heavy (non-hydrogen) atoms. The van der Waals surface area contributed by atoms with Crippen LogP contribution >= 0.6 is 11.3 Å². The van der Waals surface area contributed by atoms with Gasteiger partial charge < -0.3 is 11.1 Å². The Morgan fingerprint density at radius 2 is 2.00 bits per heavy atom. The minimum Gasteiger partial charge on any atom is -0.349 e. The molecule has 6 heteroatoms. The van der Waals surface area contributed by atoms with Crippen molar-refractivity contribution in [2.75, 3.05) is 6.54 Å². The average molecular weight is 321 g/mol. The predicted molar refractivity (Wildman–Crippen MR) is 86.7 cm³/mol. The Balaban J connectivity index is 2.07. The molecule has 1 aromatic carbocycles. The van der Waals surface area contributed by atoms with Crippen molar-refractivity contribution in [3.05, 3.63) is 51.2 Å². The van der Waals surface area contributed by atoms with Crippen LogP contribution < -0.4 is 11.1 Å². The fourth-order valence-electron chi connectivity index (χ4n) is 1.90. The first-order valence-corrected chi connectivity index (χ1v) is 7.84. The summed E-state index contributed by atoms with van der Waals surface area (Å²) in [7, 11) is 0. The third-order valence-corrected chi connectivity index (χ3v) is 4.18. The van der Waals surface area contributed by atoms with E-state index in [1.165, 1.54) is 23.5 Å². The summed E-state index contributed by atoms with van der Waals surface area (Å²) < 4.78 is 12.9. The molecule has 0 atom stereocenters. The van der Waals surface area contributed by atoms with Crippen LogP contribution in [0.2, 0.25) is 0 Å². The monoisotopic (exact) mass is 321 g/mol. The molecule has 2 rings (SSSR count). The Morgan fingerprint density at radius 1 is 1.36 bits per heavy atom. The molecule has 0 aliphatic carbocycles. The highest BCUT2D eigenvalue weighted by Gasteiger charge is 2.18. The quantitative estimate of drug-likeness (QED) is 0.889. The van der Waals surface area contributed by atoms with E-state index in [1.807, 2.05) is 20.8 Å². The average Bonchev–Trinajstić information content (AvgIpc) is 2.79. The van der Waals surface area contributed by atoms with Crippen LogP contribution in [0, 0.1) is 12.7 Å². The van der Waals surface area contributed by atoms with E-state index in [4.69, 9.17) is 5.73 Å². The van der Waals surface area contributed by atoms with Crippen LogP contribution in [0.5, 0.6) is 0 Å². The molecule has 1 amide bonds. The van der Waals surface area contributed by atoms with Gasteiger partial charge in [0, 0.05) is 18.5 Å². The zero-order chi connectivity index (χ0) is 16.3. The number of nitrogens with two attached hydrogens (primary N) is 1. The van der Waals surface area contributed by atoms with Crippen LogP contribution in [-0.2, 0) is 6.42 Å². The summed E-state index contributed by atoms with van der Waals surface area (Å²) in [4.78, 5) is 17.2. The largest absolute Gasteiger partial charge is 0.349 e. The second-order valence-corrected chi connectivity index (χ2v) is 7.08. The summed E-state index contributed by atoms with van der Waals surface area (Å²) in [5, 5.41) is 3.66. The maximum atomic E-state index is 12.9. The number of carbonyl (C=O) groups is 1. The number of amides is 1. The molecule has 0 spiro atoms. The van der Waals surface area contributed by atoms with Gasteiger partial charge in [-0.2, -0.15) is 0 Å². The van der Waals surface area contributed by atoms with Crippen molar-refractivity contribution in [1.29, 1.82) is 0 Å². The van der Waals surface area contributed by atoms with Gasteiger partial charge in [-0.3, -0.25) is 4.79 Å². The van der Waals surface area contributed by atoms with E-state index in [1.54, 1.807) is 12.1 Å². The fraction of sp³-hybridized carbons (Fsp3) is 0.375. The molecule has 118 valence electrons. The summed E-state index contributed by atoms with van der Waals surface area (Å²) >= 11 is 1.36.